The lowest BCUT2D eigenvalue weighted by atomic mass is 10.1. The van der Waals surface area contributed by atoms with Crippen molar-refractivity contribution in [2.75, 3.05) is 5.32 Å². The second kappa shape index (κ2) is 8.42. The summed E-state index contributed by atoms with van der Waals surface area (Å²) < 4.78 is 1.42. The molecule has 0 aliphatic carbocycles. The highest BCUT2D eigenvalue weighted by Crippen LogP contribution is 2.23. The number of hydrogen-bond acceptors (Lipinski definition) is 3. The molecular weight excluding hydrogens is 399 g/mol. The number of rotatable bonds is 5. The van der Waals surface area contributed by atoms with Crippen LogP contribution in [0.3, 0.4) is 0 Å². The molecule has 0 bridgehead atoms. The van der Waals surface area contributed by atoms with E-state index in [9.17, 15) is 14.4 Å². The Balaban J connectivity index is 1.83. The fraction of sp³-hybridized carbons (Fsp3) is 0.0952. The Kier molecular flexibility index (Phi) is 5.97. The number of nitrogens with zero attached hydrogens (tertiary/aromatic N) is 1. The predicted molar refractivity (Wildman–Crippen MR) is 111 cm³/mol. The Morgan fingerprint density at radius 2 is 1.75 bits per heavy atom. The van der Waals surface area contributed by atoms with E-state index in [0.717, 1.165) is 5.56 Å². The highest BCUT2D eigenvalue weighted by atomic mass is 35.5. The average molecular weight is 415 g/mol. The van der Waals surface area contributed by atoms with E-state index in [-0.39, 0.29) is 23.8 Å². The molecule has 0 atom stereocenters. The monoisotopic (exact) mass is 414 g/mol. The zero-order chi connectivity index (χ0) is 20.3. The van der Waals surface area contributed by atoms with Gasteiger partial charge < -0.3 is 9.88 Å². The van der Waals surface area contributed by atoms with Gasteiger partial charge in [-0.05, 0) is 42.8 Å². The fourth-order valence-corrected chi connectivity index (χ4v) is 2.96. The largest absolute Gasteiger partial charge is 0.322 e. The van der Waals surface area contributed by atoms with Gasteiger partial charge in [-0.3, -0.25) is 14.4 Å². The molecule has 28 heavy (non-hydrogen) atoms. The van der Waals surface area contributed by atoms with Crippen molar-refractivity contribution < 1.29 is 9.59 Å². The Morgan fingerprint density at radius 3 is 2.46 bits per heavy atom. The zero-order valence-corrected chi connectivity index (χ0v) is 16.4. The molecule has 0 radical (unpaired) electrons. The maximum atomic E-state index is 12.6. The number of halogens is 2. The summed E-state index contributed by atoms with van der Waals surface area (Å²) in [6.45, 7) is 1.70. The molecule has 0 aliphatic heterocycles. The minimum Gasteiger partial charge on any atom is -0.322 e. The smallest absolute Gasteiger partial charge is 0.257 e. The predicted octanol–water partition coefficient (Wildman–Crippen LogP) is 4.66. The first-order valence-electron chi connectivity index (χ1n) is 8.40. The van der Waals surface area contributed by atoms with Crippen LogP contribution in [-0.4, -0.2) is 16.3 Å². The van der Waals surface area contributed by atoms with E-state index < -0.39 is 0 Å². The topological polar surface area (TPSA) is 68.2 Å². The van der Waals surface area contributed by atoms with Crippen LogP contribution in [0.2, 0.25) is 10.0 Å². The van der Waals surface area contributed by atoms with E-state index in [4.69, 9.17) is 23.2 Å². The van der Waals surface area contributed by atoms with Crippen LogP contribution in [0.1, 0.15) is 33.2 Å². The van der Waals surface area contributed by atoms with Gasteiger partial charge in [0.15, 0.2) is 5.78 Å². The normalized spacial score (nSPS) is 10.5. The summed E-state index contributed by atoms with van der Waals surface area (Å²) >= 11 is 11.9. The van der Waals surface area contributed by atoms with E-state index in [0.29, 0.717) is 26.9 Å². The average Bonchev–Trinajstić information content (AvgIpc) is 2.66. The van der Waals surface area contributed by atoms with E-state index in [2.05, 4.69) is 5.32 Å². The molecule has 5 nitrogen and oxygen atoms in total. The third-order valence-electron chi connectivity index (χ3n) is 4.11. The van der Waals surface area contributed by atoms with Crippen molar-refractivity contribution in [1.29, 1.82) is 0 Å². The number of amides is 1. The minimum absolute atomic E-state index is 0.0914. The van der Waals surface area contributed by atoms with Gasteiger partial charge in [0, 0.05) is 23.5 Å². The molecule has 1 heterocycles. The molecular formula is C21H16Cl2N2O3. The standard InChI is InChI=1S/C21H16Cl2N2O3/c1-13(26)15-3-2-4-17(10-15)24-21(28)16-6-8-20(27)25(12-16)11-14-5-7-18(22)19(23)9-14/h2-10,12H,11H2,1H3,(H,24,28). The number of pyridine rings is 1. The van der Waals surface area contributed by atoms with E-state index in [1.54, 1.807) is 42.5 Å². The molecule has 2 aromatic carbocycles. The first-order valence-corrected chi connectivity index (χ1v) is 9.16. The second-order valence-electron chi connectivity index (χ2n) is 6.22. The molecule has 0 spiro atoms. The van der Waals surface area contributed by atoms with Gasteiger partial charge in [0.2, 0.25) is 0 Å². The van der Waals surface area contributed by atoms with E-state index in [1.165, 1.54) is 29.8 Å². The molecule has 0 unspecified atom stereocenters. The van der Waals surface area contributed by atoms with Gasteiger partial charge in [0.25, 0.3) is 11.5 Å². The van der Waals surface area contributed by atoms with Crippen LogP contribution in [0.4, 0.5) is 5.69 Å². The molecule has 142 valence electrons. The lowest BCUT2D eigenvalue weighted by Gasteiger charge is -2.10. The number of anilines is 1. The Labute approximate surface area is 171 Å². The molecule has 0 saturated heterocycles. The quantitative estimate of drug-likeness (QED) is 0.617. The van der Waals surface area contributed by atoms with Crippen molar-refractivity contribution in [3.05, 3.63) is 97.9 Å². The minimum atomic E-state index is -0.386. The van der Waals surface area contributed by atoms with Crippen molar-refractivity contribution in [1.82, 2.24) is 4.57 Å². The van der Waals surface area contributed by atoms with Crippen LogP contribution in [0, 0.1) is 0 Å². The van der Waals surface area contributed by atoms with E-state index >= 15 is 0 Å². The molecule has 0 fully saturated rings. The summed E-state index contributed by atoms with van der Waals surface area (Å²) in [5, 5.41) is 3.56. The van der Waals surface area contributed by atoms with E-state index in [1.807, 2.05) is 0 Å². The van der Waals surface area contributed by atoms with Crippen molar-refractivity contribution >= 4 is 40.6 Å². The van der Waals surface area contributed by atoms with Crippen LogP contribution in [0.25, 0.3) is 0 Å². The second-order valence-corrected chi connectivity index (χ2v) is 7.04. The summed E-state index contributed by atoms with van der Waals surface area (Å²) in [6.07, 6.45) is 1.48. The molecule has 3 rings (SSSR count). The van der Waals surface area contributed by atoms with Crippen LogP contribution in [0.5, 0.6) is 0 Å². The molecule has 0 saturated carbocycles. The number of nitrogens with one attached hydrogen (secondary N) is 1. The Bertz CT molecular complexity index is 1120. The molecule has 7 heteroatoms. The number of carbonyl (C=O) groups excluding carboxylic acids is 2. The lowest BCUT2D eigenvalue weighted by Crippen LogP contribution is -2.22. The van der Waals surface area contributed by atoms with Crippen molar-refractivity contribution in [3.8, 4) is 0 Å². The molecule has 0 aliphatic rings. The number of Topliss-reactive ketones (excluding diaryl/α,β-unsaturated/α-hetero) is 1. The lowest BCUT2D eigenvalue weighted by molar-refractivity contribution is 0.101. The first kappa shape index (κ1) is 19.9. The van der Waals surface area contributed by atoms with Gasteiger partial charge >= 0.3 is 0 Å². The van der Waals surface area contributed by atoms with Crippen LogP contribution in [-0.2, 0) is 6.54 Å². The van der Waals surface area contributed by atoms with Crippen molar-refractivity contribution in [2.24, 2.45) is 0 Å². The molecule has 1 aromatic heterocycles. The number of hydrogen-bond donors (Lipinski definition) is 1. The Hall–Kier alpha value is -2.89. The third-order valence-corrected chi connectivity index (χ3v) is 4.85. The summed E-state index contributed by atoms with van der Waals surface area (Å²) in [4.78, 5) is 36.2. The molecule has 1 N–H and O–H groups in total. The third kappa shape index (κ3) is 4.68. The fourth-order valence-electron chi connectivity index (χ4n) is 2.64. The van der Waals surface area contributed by atoms with Gasteiger partial charge in [0.05, 0.1) is 22.2 Å². The highest BCUT2D eigenvalue weighted by Gasteiger charge is 2.10. The van der Waals surface area contributed by atoms with Gasteiger partial charge in [0.1, 0.15) is 0 Å². The Morgan fingerprint density at radius 1 is 0.964 bits per heavy atom. The van der Waals surface area contributed by atoms with Crippen LogP contribution < -0.4 is 10.9 Å². The summed E-state index contributed by atoms with van der Waals surface area (Å²) in [6, 6.07) is 14.5. The number of aromatic nitrogens is 1. The first-order chi connectivity index (χ1) is 13.3. The number of carbonyl (C=O) groups is 2. The maximum absolute atomic E-state index is 12.6. The summed E-state index contributed by atoms with van der Waals surface area (Å²) in [5.74, 6) is -0.477. The van der Waals surface area contributed by atoms with Gasteiger partial charge in [-0.2, -0.15) is 0 Å². The van der Waals surface area contributed by atoms with Crippen molar-refractivity contribution in [3.63, 3.8) is 0 Å². The van der Waals surface area contributed by atoms with Gasteiger partial charge in [-0.25, -0.2) is 0 Å². The van der Waals surface area contributed by atoms with Gasteiger partial charge in [-0.15, -0.1) is 0 Å². The SMILES string of the molecule is CC(=O)c1cccc(NC(=O)c2ccc(=O)n(Cc3ccc(Cl)c(Cl)c3)c2)c1. The van der Waals surface area contributed by atoms with Crippen molar-refractivity contribution in [2.45, 2.75) is 13.5 Å². The zero-order valence-electron chi connectivity index (χ0n) is 14.9. The highest BCUT2D eigenvalue weighted by molar-refractivity contribution is 6.42. The molecule has 1 amide bonds. The number of ketones is 1. The summed E-state index contributed by atoms with van der Waals surface area (Å²) in [7, 11) is 0. The summed E-state index contributed by atoms with van der Waals surface area (Å²) in [5.41, 5.74) is 1.85. The van der Waals surface area contributed by atoms with Crippen LogP contribution in [0.15, 0.2) is 65.6 Å². The maximum Gasteiger partial charge on any atom is 0.257 e. The van der Waals surface area contributed by atoms with Crippen LogP contribution >= 0.6 is 23.2 Å². The molecule has 3 aromatic rings. The van der Waals surface area contributed by atoms with Gasteiger partial charge in [-0.1, -0.05) is 41.4 Å². The number of benzene rings is 2.